The van der Waals surface area contributed by atoms with Crippen LogP contribution in [0.1, 0.15) is 20.8 Å². The zero-order chi connectivity index (χ0) is 16.0. The Hall–Kier alpha value is -0.720. The molecule has 0 aliphatic heterocycles. The summed E-state index contributed by atoms with van der Waals surface area (Å²) in [5, 5.41) is 6.55. The molecule has 0 aromatic heterocycles. The molecular formula is C14H21ClN2O2S2. The molecule has 0 fully saturated rings. The summed E-state index contributed by atoms with van der Waals surface area (Å²) < 4.78 is 11.1. The Morgan fingerprint density at radius 2 is 2.05 bits per heavy atom. The molecular weight excluding hydrogens is 328 g/mol. The number of benzene rings is 1. The Kier molecular flexibility index (Phi) is 7.56. The Labute approximate surface area is 137 Å². The predicted molar refractivity (Wildman–Crippen MR) is 93.0 cm³/mol. The molecule has 0 heterocycles. The highest BCUT2D eigenvalue weighted by Crippen LogP contribution is 2.36. The van der Waals surface area contributed by atoms with E-state index in [1.807, 2.05) is 13.0 Å². The lowest BCUT2D eigenvalue weighted by Gasteiger charge is -2.16. The van der Waals surface area contributed by atoms with E-state index in [0.717, 1.165) is 4.90 Å². The lowest BCUT2D eigenvalue weighted by atomic mass is 10.3. The topological polar surface area (TPSA) is 58.2 Å². The van der Waals surface area contributed by atoms with Crippen molar-refractivity contribution in [2.75, 3.05) is 17.3 Å². The van der Waals surface area contributed by atoms with E-state index in [1.54, 1.807) is 30.2 Å². The molecule has 0 aliphatic rings. The number of amides is 2. The number of nitrogens with one attached hydrogen (secondary N) is 2. The molecule has 118 valence electrons. The van der Waals surface area contributed by atoms with Crippen LogP contribution in [0.5, 0.6) is 0 Å². The number of anilines is 1. The molecule has 1 rings (SSSR count). The van der Waals surface area contributed by atoms with Crippen molar-refractivity contribution in [1.29, 1.82) is 0 Å². The molecule has 0 spiro atoms. The lowest BCUT2D eigenvalue weighted by Crippen LogP contribution is -2.39. The predicted octanol–water partition coefficient (Wildman–Crippen LogP) is 3.73. The van der Waals surface area contributed by atoms with E-state index in [0.29, 0.717) is 21.7 Å². The van der Waals surface area contributed by atoms with Crippen LogP contribution in [0.3, 0.4) is 0 Å². The van der Waals surface area contributed by atoms with Crippen molar-refractivity contribution in [2.45, 2.75) is 37.0 Å². The maximum Gasteiger partial charge on any atom is 0.319 e. The number of hydrogen-bond donors (Lipinski definition) is 2. The van der Waals surface area contributed by atoms with E-state index < -0.39 is 10.8 Å². The number of rotatable bonds is 6. The summed E-state index contributed by atoms with van der Waals surface area (Å²) in [4.78, 5) is 12.8. The zero-order valence-electron chi connectivity index (χ0n) is 12.6. The first-order valence-electron chi connectivity index (χ1n) is 6.62. The summed E-state index contributed by atoms with van der Waals surface area (Å²) >= 11 is 7.80. The van der Waals surface area contributed by atoms with Gasteiger partial charge in [0.1, 0.15) is 0 Å². The molecule has 2 amide bonds. The quantitative estimate of drug-likeness (QED) is 0.770. The van der Waals surface area contributed by atoms with Crippen LogP contribution in [0.4, 0.5) is 10.5 Å². The summed E-state index contributed by atoms with van der Waals surface area (Å²) in [5.74, 6) is 0.427. The van der Waals surface area contributed by atoms with Gasteiger partial charge in [0.2, 0.25) is 0 Å². The zero-order valence-corrected chi connectivity index (χ0v) is 15.0. The van der Waals surface area contributed by atoms with Gasteiger partial charge in [-0.25, -0.2) is 4.79 Å². The third kappa shape index (κ3) is 6.72. The summed E-state index contributed by atoms with van der Waals surface area (Å²) in [6.07, 6.45) is 1.62. The Morgan fingerprint density at radius 1 is 1.38 bits per heavy atom. The van der Waals surface area contributed by atoms with Gasteiger partial charge in [-0.3, -0.25) is 4.21 Å². The van der Waals surface area contributed by atoms with Gasteiger partial charge in [0.25, 0.3) is 0 Å². The molecule has 1 aromatic carbocycles. The second-order valence-electron chi connectivity index (χ2n) is 5.02. The average Bonchev–Trinajstić information content (AvgIpc) is 2.31. The highest BCUT2D eigenvalue weighted by atomic mass is 35.5. The van der Waals surface area contributed by atoms with Gasteiger partial charge < -0.3 is 10.6 Å². The molecule has 7 heteroatoms. The molecule has 2 atom stereocenters. The van der Waals surface area contributed by atoms with Crippen molar-refractivity contribution in [3.63, 3.8) is 0 Å². The Balaban J connectivity index is 2.76. The average molecular weight is 349 g/mol. The van der Waals surface area contributed by atoms with Gasteiger partial charge in [-0.15, -0.1) is 11.8 Å². The van der Waals surface area contributed by atoms with Crippen LogP contribution in [-0.2, 0) is 10.8 Å². The highest BCUT2D eigenvalue weighted by molar-refractivity contribution is 8.00. The van der Waals surface area contributed by atoms with Gasteiger partial charge in [0.05, 0.1) is 10.7 Å². The number of thioether (sulfide) groups is 1. The fraction of sp³-hybridized carbons (Fsp3) is 0.500. The van der Waals surface area contributed by atoms with Crippen molar-refractivity contribution in [2.24, 2.45) is 0 Å². The van der Waals surface area contributed by atoms with Crippen LogP contribution in [0, 0.1) is 0 Å². The van der Waals surface area contributed by atoms with Crippen LogP contribution in [0.2, 0.25) is 5.02 Å². The molecule has 21 heavy (non-hydrogen) atoms. The normalized spacial score (nSPS) is 13.8. The Bertz CT molecular complexity index is 524. The first-order chi connectivity index (χ1) is 9.79. The highest BCUT2D eigenvalue weighted by Gasteiger charge is 2.14. The molecule has 2 N–H and O–H groups in total. The number of halogens is 1. The molecule has 0 aliphatic carbocycles. The molecule has 0 saturated heterocycles. The monoisotopic (exact) mass is 348 g/mol. The number of urea groups is 1. The minimum absolute atomic E-state index is 0.156. The maximum absolute atomic E-state index is 12.0. The molecule has 1 aromatic rings. The standard InChI is InChI=1S/C14H21ClN2O2S2/c1-9(2)20-13-11(15)6-5-7-12(13)17-14(18)16-10(3)8-21(4)19/h5-7,9-10H,8H2,1-4H3,(H2,16,17,18)/t10-,21+/m1/s1. The van der Waals surface area contributed by atoms with Crippen LogP contribution < -0.4 is 10.6 Å². The smallest absolute Gasteiger partial charge is 0.319 e. The van der Waals surface area contributed by atoms with E-state index in [9.17, 15) is 9.00 Å². The fourth-order valence-corrected chi connectivity index (χ4v) is 3.73. The first-order valence-corrected chi connectivity index (χ1v) is 9.60. The van der Waals surface area contributed by atoms with E-state index in [4.69, 9.17) is 11.6 Å². The third-order valence-electron chi connectivity index (χ3n) is 2.43. The molecule has 4 nitrogen and oxygen atoms in total. The van der Waals surface area contributed by atoms with E-state index in [-0.39, 0.29) is 12.1 Å². The van der Waals surface area contributed by atoms with E-state index >= 15 is 0 Å². The lowest BCUT2D eigenvalue weighted by molar-refractivity contribution is 0.250. The minimum Gasteiger partial charge on any atom is -0.334 e. The van der Waals surface area contributed by atoms with Crippen molar-refractivity contribution < 1.29 is 9.00 Å². The van der Waals surface area contributed by atoms with Gasteiger partial charge in [-0.1, -0.05) is 31.5 Å². The summed E-state index contributed by atoms with van der Waals surface area (Å²) in [5.41, 5.74) is 0.684. The fourth-order valence-electron chi connectivity index (χ4n) is 1.74. The Morgan fingerprint density at radius 3 is 2.62 bits per heavy atom. The van der Waals surface area contributed by atoms with Crippen molar-refractivity contribution in [3.8, 4) is 0 Å². The van der Waals surface area contributed by atoms with E-state index in [1.165, 1.54) is 0 Å². The number of carbonyl (C=O) groups is 1. The van der Waals surface area contributed by atoms with Crippen molar-refractivity contribution in [1.82, 2.24) is 5.32 Å². The van der Waals surface area contributed by atoms with Crippen LogP contribution in [-0.4, -0.2) is 33.5 Å². The summed E-state index contributed by atoms with van der Waals surface area (Å²) in [6.45, 7) is 5.95. The second-order valence-corrected chi connectivity index (χ2v) is 8.50. The number of carbonyl (C=O) groups excluding carboxylic acids is 1. The first kappa shape index (κ1) is 18.3. The summed E-state index contributed by atoms with van der Waals surface area (Å²) in [6, 6.07) is 4.95. The third-order valence-corrected chi connectivity index (χ3v) is 4.97. The van der Waals surface area contributed by atoms with Gasteiger partial charge >= 0.3 is 6.03 Å². The van der Waals surface area contributed by atoms with E-state index in [2.05, 4.69) is 24.5 Å². The van der Waals surface area contributed by atoms with Gasteiger partial charge in [-0.2, -0.15) is 0 Å². The van der Waals surface area contributed by atoms with Gasteiger partial charge in [-0.05, 0) is 19.1 Å². The van der Waals surface area contributed by atoms with Gasteiger partial charge in [0.15, 0.2) is 0 Å². The van der Waals surface area contributed by atoms with Gasteiger partial charge in [0, 0.05) is 39.0 Å². The van der Waals surface area contributed by atoms with Crippen LogP contribution in [0.25, 0.3) is 0 Å². The van der Waals surface area contributed by atoms with Crippen molar-refractivity contribution >= 4 is 45.9 Å². The minimum atomic E-state index is -0.942. The van der Waals surface area contributed by atoms with Crippen LogP contribution in [0.15, 0.2) is 23.1 Å². The summed E-state index contributed by atoms with van der Waals surface area (Å²) in [7, 11) is -0.942. The van der Waals surface area contributed by atoms with Crippen LogP contribution >= 0.6 is 23.4 Å². The SMILES string of the molecule is CC(C)Sc1c(Cl)cccc1NC(=O)N[C@H](C)C[S@](C)=O. The molecule has 0 radical (unpaired) electrons. The molecule has 0 bridgehead atoms. The van der Waals surface area contributed by atoms with Crippen molar-refractivity contribution in [3.05, 3.63) is 23.2 Å². The number of hydrogen-bond acceptors (Lipinski definition) is 3. The molecule has 0 saturated carbocycles. The second kappa shape index (κ2) is 8.66. The largest absolute Gasteiger partial charge is 0.334 e. The molecule has 0 unspecified atom stereocenters. The maximum atomic E-state index is 12.0.